The Morgan fingerprint density at radius 3 is 2.15 bits per heavy atom. The van der Waals surface area contributed by atoms with Gasteiger partial charge in [0.2, 0.25) is 5.91 Å². The van der Waals surface area contributed by atoms with Crippen molar-refractivity contribution in [2.75, 3.05) is 12.4 Å². The summed E-state index contributed by atoms with van der Waals surface area (Å²) in [6, 6.07) is 3.45. The average Bonchev–Trinajstić information content (AvgIpc) is 2.37. The van der Waals surface area contributed by atoms with Crippen LogP contribution in [0.25, 0.3) is 0 Å². The SMILES string of the molecule is COC(=O)C(C)(C)c1ccc(NC(=O)C(C)(C)C)cn1. The van der Waals surface area contributed by atoms with E-state index in [1.807, 2.05) is 20.8 Å². The number of anilines is 1. The van der Waals surface area contributed by atoms with Gasteiger partial charge in [-0.25, -0.2) is 0 Å². The standard InChI is InChI=1S/C15H22N2O3/c1-14(2,3)12(18)17-10-7-8-11(16-9-10)15(4,5)13(19)20-6/h7-9H,1-6H3,(H,17,18). The molecule has 1 rings (SSSR count). The van der Waals surface area contributed by atoms with Crippen LogP contribution in [0.15, 0.2) is 18.3 Å². The van der Waals surface area contributed by atoms with Crippen molar-refractivity contribution in [3.05, 3.63) is 24.0 Å². The second kappa shape index (κ2) is 5.61. The summed E-state index contributed by atoms with van der Waals surface area (Å²) in [4.78, 5) is 27.8. The van der Waals surface area contributed by atoms with E-state index in [9.17, 15) is 9.59 Å². The lowest BCUT2D eigenvalue weighted by molar-refractivity contribution is -0.146. The molecule has 0 fully saturated rings. The van der Waals surface area contributed by atoms with E-state index < -0.39 is 10.8 Å². The van der Waals surface area contributed by atoms with Gasteiger partial charge in [-0.05, 0) is 26.0 Å². The number of carbonyl (C=O) groups excluding carboxylic acids is 2. The third-order valence-electron chi connectivity index (χ3n) is 3.04. The highest BCUT2D eigenvalue weighted by Gasteiger charge is 2.32. The van der Waals surface area contributed by atoms with Gasteiger partial charge in [0.15, 0.2) is 0 Å². The lowest BCUT2D eigenvalue weighted by atomic mass is 9.89. The van der Waals surface area contributed by atoms with Crippen LogP contribution in [0.2, 0.25) is 0 Å². The number of esters is 1. The van der Waals surface area contributed by atoms with Gasteiger partial charge in [-0.3, -0.25) is 14.6 Å². The zero-order valence-corrected chi connectivity index (χ0v) is 12.9. The molecular formula is C15H22N2O3. The number of carbonyl (C=O) groups is 2. The molecule has 0 bridgehead atoms. The van der Waals surface area contributed by atoms with Gasteiger partial charge in [0, 0.05) is 5.41 Å². The molecule has 0 radical (unpaired) electrons. The highest BCUT2D eigenvalue weighted by Crippen LogP contribution is 2.24. The molecule has 0 aliphatic rings. The van der Waals surface area contributed by atoms with Gasteiger partial charge < -0.3 is 10.1 Å². The maximum absolute atomic E-state index is 11.9. The molecule has 0 spiro atoms. The predicted molar refractivity (Wildman–Crippen MR) is 77.4 cm³/mol. The number of hydrogen-bond donors (Lipinski definition) is 1. The molecule has 0 aliphatic heterocycles. The summed E-state index contributed by atoms with van der Waals surface area (Å²) < 4.78 is 4.76. The van der Waals surface area contributed by atoms with E-state index in [1.54, 1.807) is 32.2 Å². The van der Waals surface area contributed by atoms with Crippen molar-refractivity contribution in [2.45, 2.75) is 40.0 Å². The first kappa shape index (κ1) is 16.1. The maximum Gasteiger partial charge on any atom is 0.317 e. The molecule has 1 aromatic heterocycles. The number of amides is 1. The Morgan fingerprint density at radius 2 is 1.75 bits per heavy atom. The Morgan fingerprint density at radius 1 is 1.15 bits per heavy atom. The van der Waals surface area contributed by atoms with E-state index in [2.05, 4.69) is 10.3 Å². The number of rotatable bonds is 3. The van der Waals surface area contributed by atoms with E-state index in [4.69, 9.17) is 4.74 Å². The summed E-state index contributed by atoms with van der Waals surface area (Å²) in [5.41, 5.74) is -0.0851. The Bertz CT molecular complexity index is 499. The highest BCUT2D eigenvalue weighted by atomic mass is 16.5. The van der Waals surface area contributed by atoms with Crippen molar-refractivity contribution >= 4 is 17.6 Å². The summed E-state index contributed by atoms with van der Waals surface area (Å²) in [5, 5.41) is 2.79. The molecule has 1 aromatic rings. The van der Waals surface area contributed by atoms with E-state index >= 15 is 0 Å². The van der Waals surface area contributed by atoms with Crippen molar-refractivity contribution in [2.24, 2.45) is 5.41 Å². The fraction of sp³-hybridized carbons (Fsp3) is 0.533. The molecule has 1 heterocycles. The Hall–Kier alpha value is -1.91. The lowest BCUT2D eigenvalue weighted by Crippen LogP contribution is -2.31. The molecule has 0 saturated heterocycles. The number of methoxy groups -OCH3 is 1. The molecule has 0 unspecified atom stereocenters. The van der Waals surface area contributed by atoms with Gasteiger partial charge in [-0.15, -0.1) is 0 Å². The third-order valence-corrected chi connectivity index (χ3v) is 3.04. The average molecular weight is 278 g/mol. The minimum atomic E-state index is -0.818. The van der Waals surface area contributed by atoms with Crippen LogP contribution in [0.5, 0.6) is 0 Å². The number of pyridine rings is 1. The third kappa shape index (κ3) is 3.56. The topological polar surface area (TPSA) is 68.3 Å². The summed E-state index contributed by atoms with van der Waals surface area (Å²) in [6.07, 6.45) is 1.55. The molecule has 1 amide bonds. The smallest absolute Gasteiger partial charge is 0.317 e. The van der Waals surface area contributed by atoms with Crippen molar-refractivity contribution in [3.63, 3.8) is 0 Å². The van der Waals surface area contributed by atoms with Crippen LogP contribution in [0.3, 0.4) is 0 Å². The first-order valence-electron chi connectivity index (χ1n) is 6.45. The van der Waals surface area contributed by atoms with Crippen LogP contribution in [0.4, 0.5) is 5.69 Å². The zero-order valence-electron chi connectivity index (χ0n) is 12.9. The number of hydrogen-bond acceptors (Lipinski definition) is 4. The van der Waals surface area contributed by atoms with Gasteiger partial charge in [0.1, 0.15) is 5.41 Å². The molecule has 0 saturated carbocycles. The van der Waals surface area contributed by atoms with Crippen molar-refractivity contribution < 1.29 is 14.3 Å². The Balaban J connectivity index is 2.90. The maximum atomic E-state index is 11.9. The summed E-state index contributed by atoms with van der Waals surface area (Å²) in [7, 11) is 1.35. The van der Waals surface area contributed by atoms with Crippen LogP contribution in [-0.4, -0.2) is 24.0 Å². The summed E-state index contributed by atoms with van der Waals surface area (Å²) in [6.45, 7) is 9.00. The summed E-state index contributed by atoms with van der Waals surface area (Å²) in [5.74, 6) is -0.434. The number of nitrogens with zero attached hydrogens (tertiary/aromatic N) is 1. The minimum absolute atomic E-state index is 0.0840. The molecule has 0 atom stereocenters. The number of aromatic nitrogens is 1. The molecule has 20 heavy (non-hydrogen) atoms. The van der Waals surface area contributed by atoms with Crippen LogP contribution in [-0.2, 0) is 19.7 Å². The van der Waals surface area contributed by atoms with Crippen LogP contribution in [0, 0.1) is 5.41 Å². The fourth-order valence-electron chi connectivity index (χ4n) is 1.52. The van der Waals surface area contributed by atoms with Gasteiger partial charge in [0.25, 0.3) is 0 Å². The molecule has 1 N–H and O–H groups in total. The first-order chi connectivity index (χ1) is 9.09. The van der Waals surface area contributed by atoms with Crippen molar-refractivity contribution in [1.82, 2.24) is 4.98 Å². The van der Waals surface area contributed by atoms with Gasteiger partial charge in [-0.2, -0.15) is 0 Å². The lowest BCUT2D eigenvalue weighted by Gasteiger charge is -2.21. The first-order valence-corrected chi connectivity index (χ1v) is 6.45. The van der Waals surface area contributed by atoms with Crippen molar-refractivity contribution in [1.29, 1.82) is 0 Å². The van der Waals surface area contributed by atoms with Gasteiger partial charge >= 0.3 is 5.97 Å². The largest absolute Gasteiger partial charge is 0.468 e. The van der Waals surface area contributed by atoms with E-state index in [0.29, 0.717) is 11.4 Å². The predicted octanol–water partition coefficient (Wildman–Crippen LogP) is 2.52. The van der Waals surface area contributed by atoms with E-state index in [1.165, 1.54) is 7.11 Å². The normalized spacial score (nSPS) is 11.9. The van der Waals surface area contributed by atoms with E-state index in [-0.39, 0.29) is 11.9 Å². The molecular weight excluding hydrogens is 256 g/mol. The minimum Gasteiger partial charge on any atom is -0.468 e. The second-order valence-electron chi connectivity index (χ2n) is 6.25. The quantitative estimate of drug-likeness (QED) is 0.863. The van der Waals surface area contributed by atoms with Crippen LogP contribution in [0.1, 0.15) is 40.3 Å². The summed E-state index contributed by atoms with van der Waals surface area (Å²) >= 11 is 0. The molecule has 110 valence electrons. The molecule has 5 nitrogen and oxygen atoms in total. The van der Waals surface area contributed by atoms with Crippen LogP contribution < -0.4 is 5.32 Å². The zero-order chi connectivity index (χ0) is 15.6. The highest BCUT2D eigenvalue weighted by molar-refractivity contribution is 5.94. The molecule has 0 aromatic carbocycles. The molecule has 5 heteroatoms. The second-order valence-corrected chi connectivity index (χ2v) is 6.25. The van der Waals surface area contributed by atoms with E-state index in [0.717, 1.165) is 0 Å². The van der Waals surface area contributed by atoms with Crippen molar-refractivity contribution in [3.8, 4) is 0 Å². The van der Waals surface area contributed by atoms with Crippen LogP contribution >= 0.6 is 0 Å². The number of nitrogens with one attached hydrogen (secondary N) is 1. The van der Waals surface area contributed by atoms with Gasteiger partial charge in [0.05, 0.1) is 24.7 Å². The monoisotopic (exact) mass is 278 g/mol. The Kier molecular flexibility index (Phi) is 4.53. The molecule has 0 aliphatic carbocycles. The van der Waals surface area contributed by atoms with Gasteiger partial charge in [-0.1, -0.05) is 20.8 Å². The number of ether oxygens (including phenoxy) is 1. The fourth-order valence-corrected chi connectivity index (χ4v) is 1.52. The Labute approximate surface area is 119 Å².